The first kappa shape index (κ1) is 24.7. The Morgan fingerprint density at radius 1 is 1.15 bits per heavy atom. The second kappa shape index (κ2) is 7.78. The number of hydrogen-bond acceptors (Lipinski definition) is 9. The SMILES string of the molecule is CC(C)C1(OC(=O)C2C3CC4C(OC(=O)C42)C3OS(=O)(=O)NS(=O)(=O)C(F)(F)F)CCCC1. The highest BCUT2D eigenvalue weighted by Gasteiger charge is 2.70. The maximum Gasteiger partial charge on any atom is 0.512 e. The molecule has 33 heavy (non-hydrogen) atoms. The average molecular weight is 520 g/mol. The van der Waals surface area contributed by atoms with Crippen molar-refractivity contribution in [3.8, 4) is 0 Å². The van der Waals surface area contributed by atoms with Crippen LogP contribution in [-0.2, 0) is 43.6 Å². The molecule has 2 bridgehead atoms. The lowest BCUT2D eigenvalue weighted by atomic mass is 9.78. The molecule has 6 unspecified atom stereocenters. The Morgan fingerprint density at radius 3 is 2.30 bits per heavy atom. The number of ether oxygens (including phenoxy) is 2. The Hall–Kier alpha value is -1.45. The van der Waals surface area contributed by atoms with Gasteiger partial charge in [-0.2, -0.15) is 21.6 Å². The van der Waals surface area contributed by atoms with Gasteiger partial charge in [-0.15, -0.1) is 0 Å². The Morgan fingerprint density at radius 2 is 1.76 bits per heavy atom. The molecule has 0 spiro atoms. The molecule has 6 atom stereocenters. The molecule has 0 aromatic heterocycles. The zero-order valence-electron chi connectivity index (χ0n) is 17.7. The summed E-state index contributed by atoms with van der Waals surface area (Å²) < 4.78 is 101. The summed E-state index contributed by atoms with van der Waals surface area (Å²) in [5.74, 6) is -4.90. The summed E-state index contributed by atoms with van der Waals surface area (Å²) in [6.45, 7) is 3.81. The molecule has 1 N–H and O–H groups in total. The van der Waals surface area contributed by atoms with Crippen LogP contribution in [0.4, 0.5) is 13.2 Å². The van der Waals surface area contributed by atoms with Crippen molar-refractivity contribution < 1.29 is 53.3 Å². The van der Waals surface area contributed by atoms with Crippen LogP contribution in [0.5, 0.6) is 0 Å². The summed E-state index contributed by atoms with van der Waals surface area (Å²) in [5, 5.41) is 0. The topological polar surface area (TPSA) is 142 Å². The van der Waals surface area contributed by atoms with Crippen LogP contribution in [0.2, 0.25) is 0 Å². The standard InChI is InChI=1S/C18H24F3NO9S2/c1-8(2)17(5-3-4-6-17)30-16(24)12-10-7-9-11(12)15(23)29-13(9)14(10)31-33(27,28)22-32(25,26)18(19,20)21/h8-14,22H,3-7H2,1-2H3. The van der Waals surface area contributed by atoms with Gasteiger partial charge in [-0.3, -0.25) is 9.59 Å². The van der Waals surface area contributed by atoms with Crippen LogP contribution in [-0.4, -0.2) is 52.1 Å². The van der Waals surface area contributed by atoms with Gasteiger partial charge in [-0.1, -0.05) is 18.0 Å². The summed E-state index contributed by atoms with van der Waals surface area (Å²) >= 11 is 0. The minimum atomic E-state index is -6.26. The molecule has 1 saturated heterocycles. The second-order valence-corrected chi connectivity index (χ2v) is 12.6. The molecule has 4 rings (SSSR count). The zero-order chi connectivity index (χ0) is 24.6. The van der Waals surface area contributed by atoms with Crippen molar-refractivity contribution in [3.63, 3.8) is 0 Å². The number of sulfonamides is 1. The van der Waals surface area contributed by atoms with Gasteiger partial charge in [0.25, 0.3) is 0 Å². The number of carbonyl (C=O) groups is 2. The van der Waals surface area contributed by atoms with Crippen molar-refractivity contribution in [2.24, 2.45) is 29.6 Å². The van der Waals surface area contributed by atoms with E-state index in [4.69, 9.17) is 13.7 Å². The first-order chi connectivity index (χ1) is 15.1. The van der Waals surface area contributed by atoms with Gasteiger partial charge in [0.2, 0.25) is 0 Å². The van der Waals surface area contributed by atoms with E-state index in [1.54, 1.807) is 0 Å². The van der Waals surface area contributed by atoms with E-state index in [1.165, 1.54) is 0 Å². The van der Waals surface area contributed by atoms with Crippen LogP contribution in [0.3, 0.4) is 0 Å². The van der Waals surface area contributed by atoms with Gasteiger partial charge >= 0.3 is 37.8 Å². The van der Waals surface area contributed by atoms with Gasteiger partial charge < -0.3 is 9.47 Å². The molecular weight excluding hydrogens is 495 g/mol. The monoisotopic (exact) mass is 519 g/mol. The Balaban J connectivity index is 1.56. The number of rotatable bonds is 7. The third-order valence-electron chi connectivity index (χ3n) is 7.38. The van der Waals surface area contributed by atoms with Crippen molar-refractivity contribution >= 4 is 32.3 Å². The second-order valence-electron chi connectivity index (χ2n) is 9.41. The van der Waals surface area contributed by atoms with E-state index in [2.05, 4.69) is 0 Å². The normalized spacial score (nSPS) is 35.3. The highest BCUT2D eigenvalue weighted by Crippen LogP contribution is 2.59. The van der Waals surface area contributed by atoms with Crippen LogP contribution in [0.25, 0.3) is 0 Å². The van der Waals surface area contributed by atoms with E-state index in [0.29, 0.717) is 17.0 Å². The summed E-state index contributed by atoms with van der Waals surface area (Å²) in [4.78, 5) is 25.6. The predicted molar refractivity (Wildman–Crippen MR) is 102 cm³/mol. The summed E-state index contributed by atoms with van der Waals surface area (Å²) in [7, 11) is -11.7. The van der Waals surface area contributed by atoms with E-state index < -0.39 is 79.3 Å². The maximum absolute atomic E-state index is 13.2. The summed E-state index contributed by atoms with van der Waals surface area (Å²) in [5.41, 5.74) is -6.60. The number of halogens is 3. The number of esters is 2. The number of alkyl halides is 3. The molecule has 0 aromatic carbocycles. The van der Waals surface area contributed by atoms with E-state index in [9.17, 15) is 39.6 Å². The molecule has 10 nitrogen and oxygen atoms in total. The van der Waals surface area contributed by atoms with Crippen LogP contribution >= 0.6 is 0 Å². The molecule has 4 aliphatic rings. The van der Waals surface area contributed by atoms with E-state index in [-0.39, 0.29) is 12.3 Å². The largest absolute Gasteiger partial charge is 0.512 e. The first-order valence-electron chi connectivity index (χ1n) is 10.5. The fraction of sp³-hybridized carbons (Fsp3) is 0.889. The van der Waals surface area contributed by atoms with Crippen molar-refractivity contribution in [1.29, 1.82) is 0 Å². The van der Waals surface area contributed by atoms with E-state index >= 15 is 0 Å². The van der Waals surface area contributed by atoms with Gasteiger partial charge in [0.05, 0.1) is 11.8 Å². The smallest absolute Gasteiger partial charge is 0.459 e. The van der Waals surface area contributed by atoms with Gasteiger partial charge in [0.1, 0.15) is 17.8 Å². The minimum Gasteiger partial charge on any atom is -0.459 e. The Bertz CT molecular complexity index is 1050. The number of nitrogens with one attached hydrogen (secondary N) is 1. The molecule has 0 aromatic rings. The van der Waals surface area contributed by atoms with Crippen LogP contribution < -0.4 is 4.13 Å². The first-order valence-corrected chi connectivity index (χ1v) is 13.4. The molecule has 0 amide bonds. The van der Waals surface area contributed by atoms with Gasteiger partial charge in [0, 0.05) is 11.8 Å². The zero-order valence-corrected chi connectivity index (χ0v) is 19.3. The third kappa shape index (κ3) is 4.04. The summed E-state index contributed by atoms with van der Waals surface area (Å²) in [6.07, 6.45) is 0.521. The fourth-order valence-corrected chi connectivity index (χ4v) is 7.98. The molecule has 188 valence electrons. The highest BCUT2D eigenvalue weighted by molar-refractivity contribution is 8.03. The molecule has 1 heterocycles. The molecule has 4 fully saturated rings. The highest BCUT2D eigenvalue weighted by atomic mass is 32.3. The molecule has 1 aliphatic heterocycles. The molecule has 3 aliphatic carbocycles. The third-order valence-corrected chi connectivity index (χ3v) is 10.2. The molecular formula is C18H24F3NO9S2. The van der Waals surface area contributed by atoms with Crippen molar-refractivity contribution in [3.05, 3.63) is 0 Å². The van der Waals surface area contributed by atoms with Crippen molar-refractivity contribution in [2.45, 2.75) is 69.3 Å². The maximum atomic E-state index is 13.2. The molecule has 0 radical (unpaired) electrons. The number of fused-ring (bicyclic) bond motifs is 1. The predicted octanol–water partition coefficient (Wildman–Crippen LogP) is 1.38. The van der Waals surface area contributed by atoms with Crippen LogP contribution in [0.15, 0.2) is 0 Å². The lowest BCUT2D eigenvalue weighted by Gasteiger charge is -2.36. The Labute approximate surface area is 188 Å². The summed E-state index contributed by atoms with van der Waals surface area (Å²) in [6, 6.07) is 0. The lowest BCUT2D eigenvalue weighted by molar-refractivity contribution is -0.175. The number of carbonyl (C=O) groups excluding carboxylic acids is 2. The average Bonchev–Trinajstić information content (AvgIpc) is 3.37. The number of hydrogen-bond donors (Lipinski definition) is 1. The van der Waals surface area contributed by atoms with E-state index in [0.717, 1.165) is 12.8 Å². The van der Waals surface area contributed by atoms with Crippen LogP contribution in [0.1, 0.15) is 46.0 Å². The van der Waals surface area contributed by atoms with Gasteiger partial charge in [0.15, 0.2) is 0 Å². The quantitative estimate of drug-likeness (QED) is 0.494. The van der Waals surface area contributed by atoms with Crippen molar-refractivity contribution in [1.82, 2.24) is 4.13 Å². The van der Waals surface area contributed by atoms with Gasteiger partial charge in [-0.05, 0) is 38.0 Å². The lowest BCUT2D eigenvalue weighted by Crippen LogP contribution is -2.49. The minimum absolute atomic E-state index is 0.00461. The molecule has 3 saturated carbocycles. The molecule has 15 heteroatoms. The fourth-order valence-electron chi connectivity index (χ4n) is 5.83. The van der Waals surface area contributed by atoms with Crippen LogP contribution in [0, 0.1) is 29.6 Å². The van der Waals surface area contributed by atoms with Crippen molar-refractivity contribution in [2.75, 3.05) is 0 Å². The Kier molecular flexibility index (Phi) is 5.82. The van der Waals surface area contributed by atoms with Gasteiger partial charge in [-0.25, -0.2) is 12.6 Å². The van der Waals surface area contributed by atoms with E-state index in [1.807, 2.05) is 13.8 Å².